The molecule has 0 fully saturated rings. The van der Waals surface area contributed by atoms with Crippen LogP contribution in [0.2, 0.25) is 0 Å². The molecule has 1 atom stereocenters. The highest BCUT2D eigenvalue weighted by atomic mass is 32.2. The number of benzene rings is 1. The second-order valence-electron chi connectivity index (χ2n) is 3.98. The molecule has 0 aliphatic rings. The van der Waals surface area contributed by atoms with E-state index >= 15 is 0 Å². The van der Waals surface area contributed by atoms with Gasteiger partial charge in [0.25, 0.3) is 0 Å². The number of rotatable bonds is 5. The number of pyridine rings is 1. The molecule has 1 heterocycles. The van der Waals surface area contributed by atoms with Crippen LogP contribution in [0.4, 0.5) is 10.5 Å². The molecular formula is C14H15N3O2S. The molecule has 2 rings (SSSR count). The zero-order valence-corrected chi connectivity index (χ0v) is 11.6. The van der Waals surface area contributed by atoms with Gasteiger partial charge in [-0.3, -0.25) is 9.19 Å². The van der Waals surface area contributed by atoms with E-state index in [0.717, 1.165) is 4.90 Å². The van der Waals surface area contributed by atoms with Gasteiger partial charge in [0, 0.05) is 35.3 Å². The number of amides is 2. The van der Waals surface area contributed by atoms with Crippen molar-refractivity contribution in [2.24, 2.45) is 0 Å². The molecule has 0 saturated carbocycles. The molecule has 0 spiro atoms. The lowest BCUT2D eigenvalue weighted by Crippen LogP contribution is -2.31. The maximum absolute atomic E-state index is 11.9. The maximum Gasteiger partial charge on any atom is 0.319 e. The molecule has 20 heavy (non-hydrogen) atoms. The molecule has 0 aliphatic carbocycles. The number of urea groups is 1. The fourth-order valence-corrected chi connectivity index (χ4v) is 2.54. The minimum Gasteiger partial charge on any atom is -0.337 e. The average molecular weight is 289 g/mol. The molecule has 1 aromatic carbocycles. The third kappa shape index (κ3) is 4.47. The molecule has 2 N–H and O–H groups in total. The molecule has 104 valence electrons. The Kier molecular flexibility index (Phi) is 5.25. The Balaban J connectivity index is 1.73. The Morgan fingerprint density at radius 3 is 2.50 bits per heavy atom. The molecule has 0 aliphatic heterocycles. The van der Waals surface area contributed by atoms with Crippen LogP contribution in [0.25, 0.3) is 0 Å². The van der Waals surface area contributed by atoms with Gasteiger partial charge in [-0.1, -0.05) is 18.2 Å². The first-order valence-corrected chi connectivity index (χ1v) is 7.46. The van der Waals surface area contributed by atoms with Crippen LogP contribution in [0.15, 0.2) is 59.8 Å². The molecule has 0 saturated heterocycles. The summed E-state index contributed by atoms with van der Waals surface area (Å²) in [5, 5.41) is 5.33. The number of anilines is 1. The van der Waals surface area contributed by atoms with Crippen molar-refractivity contribution >= 4 is 22.5 Å². The Labute approximate surface area is 119 Å². The van der Waals surface area contributed by atoms with Gasteiger partial charge in [0.15, 0.2) is 0 Å². The number of aromatic nitrogens is 1. The zero-order valence-electron chi connectivity index (χ0n) is 10.8. The van der Waals surface area contributed by atoms with E-state index in [2.05, 4.69) is 15.6 Å². The summed E-state index contributed by atoms with van der Waals surface area (Å²) in [7, 11) is -1.10. The van der Waals surface area contributed by atoms with Crippen LogP contribution < -0.4 is 10.6 Å². The van der Waals surface area contributed by atoms with Crippen LogP contribution in [-0.4, -0.2) is 27.5 Å². The van der Waals surface area contributed by atoms with Crippen molar-refractivity contribution in [1.82, 2.24) is 10.3 Å². The van der Waals surface area contributed by atoms with Gasteiger partial charge in [-0.15, -0.1) is 0 Å². The molecule has 2 amide bonds. The zero-order chi connectivity index (χ0) is 14.2. The number of hydrogen-bond donors (Lipinski definition) is 2. The summed E-state index contributed by atoms with van der Waals surface area (Å²) in [4.78, 5) is 16.2. The SMILES string of the molecule is O=C(NCC[S@](=O)c1ccccc1)Nc1ccncc1. The summed E-state index contributed by atoms with van der Waals surface area (Å²) in [6, 6.07) is 12.3. The van der Waals surface area contributed by atoms with E-state index in [0.29, 0.717) is 18.0 Å². The van der Waals surface area contributed by atoms with Gasteiger partial charge in [0.1, 0.15) is 0 Å². The molecule has 1 aromatic heterocycles. The van der Waals surface area contributed by atoms with E-state index in [9.17, 15) is 9.00 Å². The highest BCUT2D eigenvalue weighted by Crippen LogP contribution is 2.05. The maximum atomic E-state index is 11.9. The first kappa shape index (κ1) is 14.2. The topological polar surface area (TPSA) is 71.1 Å². The third-order valence-electron chi connectivity index (χ3n) is 2.52. The monoisotopic (exact) mass is 289 g/mol. The molecule has 0 bridgehead atoms. The third-order valence-corrected chi connectivity index (χ3v) is 3.89. The van der Waals surface area contributed by atoms with E-state index in [1.165, 1.54) is 0 Å². The second-order valence-corrected chi connectivity index (χ2v) is 5.55. The Morgan fingerprint density at radius 2 is 1.80 bits per heavy atom. The highest BCUT2D eigenvalue weighted by molar-refractivity contribution is 7.85. The predicted molar refractivity (Wildman–Crippen MR) is 79.0 cm³/mol. The fraction of sp³-hybridized carbons (Fsp3) is 0.143. The van der Waals surface area contributed by atoms with Crippen molar-refractivity contribution in [3.63, 3.8) is 0 Å². The van der Waals surface area contributed by atoms with E-state index in [1.54, 1.807) is 24.5 Å². The number of nitrogens with zero attached hydrogens (tertiary/aromatic N) is 1. The van der Waals surface area contributed by atoms with E-state index in [-0.39, 0.29) is 6.03 Å². The Hall–Kier alpha value is -2.21. The van der Waals surface area contributed by atoms with Crippen LogP contribution >= 0.6 is 0 Å². The quantitative estimate of drug-likeness (QED) is 0.884. The highest BCUT2D eigenvalue weighted by Gasteiger charge is 2.05. The molecule has 2 aromatic rings. The summed E-state index contributed by atoms with van der Waals surface area (Å²) in [6.07, 6.45) is 3.19. The van der Waals surface area contributed by atoms with Gasteiger partial charge in [0.05, 0.1) is 10.8 Å². The first-order chi connectivity index (χ1) is 9.75. The summed E-state index contributed by atoms with van der Waals surface area (Å²) in [5.41, 5.74) is 0.668. The number of carbonyl (C=O) groups is 1. The number of nitrogens with one attached hydrogen (secondary N) is 2. The summed E-state index contributed by atoms with van der Waals surface area (Å²) >= 11 is 0. The van der Waals surface area contributed by atoms with Gasteiger partial charge in [0.2, 0.25) is 0 Å². The Morgan fingerprint density at radius 1 is 1.10 bits per heavy atom. The van der Waals surface area contributed by atoms with Crippen molar-refractivity contribution < 1.29 is 9.00 Å². The van der Waals surface area contributed by atoms with Crippen LogP contribution in [0, 0.1) is 0 Å². The van der Waals surface area contributed by atoms with Gasteiger partial charge >= 0.3 is 6.03 Å². The van der Waals surface area contributed by atoms with Gasteiger partial charge in [-0.25, -0.2) is 4.79 Å². The van der Waals surface area contributed by atoms with Gasteiger partial charge < -0.3 is 10.6 Å². The Bertz CT molecular complexity index is 575. The van der Waals surface area contributed by atoms with Gasteiger partial charge in [-0.05, 0) is 24.3 Å². The van der Waals surface area contributed by atoms with E-state index in [1.807, 2.05) is 30.3 Å². The lowest BCUT2D eigenvalue weighted by molar-refractivity contribution is 0.252. The largest absolute Gasteiger partial charge is 0.337 e. The standard InChI is InChI=1S/C14H15N3O2S/c18-14(17-12-6-8-15-9-7-12)16-10-11-20(19)13-4-2-1-3-5-13/h1-9H,10-11H2,(H2,15,16,17,18)/t20-/m0/s1. The van der Waals surface area contributed by atoms with Crippen molar-refractivity contribution in [2.45, 2.75) is 4.90 Å². The summed E-state index contributed by atoms with van der Waals surface area (Å²) in [5.74, 6) is 0.383. The van der Waals surface area contributed by atoms with Crippen molar-refractivity contribution in [1.29, 1.82) is 0 Å². The molecule has 0 radical (unpaired) electrons. The van der Waals surface area contributed by atoms with E-state index in [4.69, 9.17) is 0 Å². The second kappa shape index (κ2) is 7.40. The minimum atomic E-state index is -1.10. The molecular weight excluding hydrogens is 274 g/mol. The normalized spacial score (nSPS) is 11.6. The first-order valence-electron chi connectivity index (χ1n) is 6.14. The predicted octanol–water partition coefficient (Wildman–Crippen LogP) is 2.01. The fourth-order valence-electron chi connectivity index (χ4n) is 1.56. The van der Waals surface area contributed by atoms with Crippen LogP contribution in [-0.2, 0) is 10.8 Å². The average Bonchev–Trinajstić information content (AvgIpc) is 2.49. The molecule has 6 heteroatoms. The number of carbonyl (C=O) groups excluding carboxylic acids is 1. The van der Waals surface area contributed by atoms with Gasteiger partial charge in [-0.2, -0.15) is 0 Å². The van der Waals surface area contributed by atoms with Crippen molar-refractivity contribution in [3.8, 4) is 0 Å². The number of hydrogen-bond acceptors (Lipinski definition) is 3. The smallest absolute Gasteiger partial charge is 0.319 e. The van der Waals surface area contributed by atoms with Crippen LogP contribution in [0.5, 0.6) is 0 Å². The van der Waals surface area contributed by atoms with Crippen molar-refractivity contribution in [2.75, 3.05) is 17.6 Å². The lowest BCUT2D eigenvalue weighted by atomic mass is 10.4. The van der Waals surface area contributed by atoms with Crippen LogP contribution in [0.3, 0.4) is 0 Å². The van der Waals surface area contributed by atoms with Crippen LogP contribution in [0.1, 0.15) is 0 Å². The summed E-state index contributed by atoms with van der Waals surface area (Å²) in [6.45, 7) is 0.346. The summed E-state index contributed by atoms with van der Waals surface area (Å²) < 4.78 is 11.9. The molecule has 5 nitrogen and oxygen atoms in total. The lowest BCUT2D eigenvalue weighted by Gasteiger charge is -2.07. The molecule has 0 unspecified atom stereocenters. The van der Waals surface area contributed by atoms with Crippen molar-refractivity contribution in [3.05, 3.63) is 54.9 Å². The minimum absolute atomic E-state index is 0.318. The van der Waals surface area contributed by atoms with E-state index < -0.39 is 10.8 Å².